The topological polar surface area (TPSA) is 0 Å². The summed E-state index contributed by atoms with van der Waals surface area (Å²) in [5.74, 6) is 1.18. The maximum Gasteiger partial charge on any atom is 0.0450 e. The highest BCUT2D eigenvalue weighted by Gasteiger charge is 2.40. The van der Waals surface area contributed by atoms with Crippen molar-refractivity contribution in [2.24, 2.45) is 5.41 Å². The summed E-state index contributed by atoms with van der Waals surface area (Å²) in [6.45, 7) is 9.33. The smallest absolute Gasteiger partial charge is 0.0450 e. The first-order valence-electron chi connectivity index (χ1n) is 7.35. The van der Waals surface area contributed by atoms with E-state index >= 15 is 0 Å². The van der Waals surface area contributed by atoms with E-state index in [1.807, 2.05) is 0 Å². The van der Waals surface area contributed by atoms with E-state index in [0.717, 1.165) is 6.42 Å². The molecule has 19 heavy (non-hydrogen) atoms. The van der Waals surface area contributed by atoms with Gasteiger partial charge in [-0.05, 0) is 36.0 Å². The summed E-state index contributed by atoms with van der Waals surface area (Å²) in [6.07, 6.45) is 17.4. The lowest BCUT2D eigenvalue weighted by Gasteiger charge is -2.43. The Hall–Kier alpha value is -0.690. The molecule has 0 aromatic carbocycles. The van der Waals surface area contributed by atoms with E-state index in [-0.39, 0.29) is 10.2 Å². The lowest BCUT2D eigenvalue weighted by Crippen LogP contribution is -2.35. The lowest BCUT2D eigenvalue weighted by molar-refractivity contribution is 0.438. The highest BCUT2D eigenvalue weighted by atomic mass is 32.2. The van der Waals surface area contributed by atoms with Crippen molar-refractivity contribution in [2.45, 2.75) is 51.7 Å². The zero-order chi connectivity index (χ0) is 13.9. The summed E-state index contributed by atoms with van der Waals surface area (Å²) >= 11 is 2.13. The van der Waals surface area contributed by atoms with Crippen molar-refractivity contribution in [3.63, 3.8) is 0 Å². The fourth-order valence-corrected chi connectivity index (χ4v) is 4.78. The Labute approximate surface area is 122 Å². The van der Waals surface area contributed by atoms with Crippen LogP contribution in [0, 0.1) is 5.41 Å². The van der Waals surface area contributed by atoms with Gasteiger partial charge in [0.1, 0.15) is 0 Å². The Morgan fingerprint density at radius 2 is 2.05 bits per heavy atom. The Balaban J connectivity index is 2.34. The zero-order valence-electron chi connectivity index (χ0n) is 12.7. The van der Waals surface area contributed by atoms with Crippen LogP contribution >= 0.6 is 11.8 Å². The number of allylic oxidation sites excluding steroid dienone is 7. The average molecular weight is 274 g/mol. The Bertz CT molecular complexity index is 443. The molecule has 0 aliphatic heterocycles. The van der Waals surface area contributed by atoms with Crippen molar-refractivity contribution >= 4 is 11.8 Å². The second kappa shape index (κ2) is 5.75. The number of rotatable bonds is 4. The van der Waals surface area contributed by atoms with E-state index in [9.17, 15) is 0 Å². The molecule has 0 aromatic heterocycles. The van der Waals surface area contributed by atoms with Gasteiger partial charge in [0.05, 0.1) is 0 Å². The van der Waals surface area contributed by atoms with Gasteiger partial charge in [0.25, 0.3) is 0 Å². The number of thioether (sulfide) groups is 1. The number of hydrogen-bond donors (Lipinski definition) is 0. The summed E-state index contributed by atoms with van der Waals surface area (Å²) in [7, 11) is 0. The summed E-state index contributed by atoms with van der Waals surface area (Å²) < 4.78 is 0.266. The van der Waals surface area contributed by atoms with Crippen LogP contribution < -0.4 is 0 Å². The molecule has 0 bridgehead atoms. The Morgan fingerprint density at radius 1 is 1.26 bits per heavy atom. The molecular weight excluding hydrogens is 248 g/mol. The van der Waals surface area contributed by atoms with Crippen LogP contribution in [0.15, 0.2) is 47.6 Å². The first-order valence-corrected chi connectivity index (χ1v) is 8.34. The van der Waals surface area contributed by atoms with Gasteiger partial charge in [-0.25, -0.2) is 0 Å². The van der Waals surface area contributed by atoms with Crippen LogP contribution in [0.25, 0.3) is 0 Å². The fourth-order valence-electron chi connectivity index (χ4n) is 3.22. The SMILES string of the molecule is CCSC1(CC2=CCC=C2)CC=CC=C1C(C)(C)C. The van der Waals surface area contributed by atoms with Gasteiger partial charge < -0.3 is 0 Å². The normalized spacial score (nSPS) is 26.5. The molecule has 104 valence electrons. The Kier molecular flexibility index (Phi) is 4.45. The quantitative estimate of drug-likeness (QED) is 0.635. The van der Waals surface area contributed by atoms with E-state index < -0.39 is 0 Å². The van der Waals surface area contributed by atoms with Gasteiger partial charge >= 0.3 is 0 Å². The van der Waals surface area contributed by atoms with Crippen molar-refractivity contribution in [1.82, 2.24) is 0 Å². The van der Waals surface area contributed by atoms with Crippen molar-refractivity contribution in [2.75, 3.05) is 5.75 Å². The third kappa shape index (κ3) is 3.25. The van der Waals surface area contributed by atoms with Crippen LogP contribution in [0.5, 0.6) is 0 Å². The lowest BCUT2D eigenvalue weighted by atomic mass is 9.72. The second-order valence-electron chi connectivity index (χ2n) is 6.48. The van der Waals surface area contributed by atoms with Gasteiger partial charge in [0, 0.05) is 4.75 Å². The summed E-state index contributed by atoms with van der Waals surface area (Å²) in [4.78, 5) is 0. The predicted molar refractivity (Wildman–Crippen MR) is 88.6 cm³/mol. The van der Waals surface area contributed by atoms with Gasteiger partial charge in [-0.3, -0.25) is 0 Å². The monoisotopic (exact) mass is 274 g/mol. The molecule has 0 nitrogen and oxygen atoms in total. The van der Waals surface area contributed by atoms with E-state index in [0.29, 0.717) is 0 Å². The molecule has 1 unspecified atom stereocenters. The molecule has 0 radical (unpaired) electrons. The van der Waals surface area contributed by atoms with E-state index in [4.69, 9.17) is 0 Å². The zero-order valence-corrected chi connectivity index (χ0v) is 13.5. The highest BCUT2D eigenvalue weighted by molar-refractivity contribution is 8.00. The average Bonchev–Trinajstić information content (AvgIpc) is 2.81. The molecule has 0 saturated heterocycles. The van der Waals surface area contributed by atoms with Crippen LogP contribution in [-0.2, 0) is 0 Å². The van der Waals surface area contributed by atoms with Gasteiger partial charge in [0.15, 0.2) is 0 Å². The van der Waals surface area contributed by atoms with Crippen LogP contribution in [0.3, 0.4) is 0 Å². The molecule has 0 spiro atoms. The van der Waals surface area contributed by atoms with Gasteiger partial charge in [-0.1, -0.05) is 69.7 Å². The molecule has 0 saturated carbocycles. The molecule has 1 atom stereocenters. The molecule has 0 heterocycles. The maximum atomic E-state index is 2.39. The molecule has 0 aromatic rings. The minimum absolute atomic E-state index is 0.246. The minimum Gasteiger partial charge on any atom is -0.150 e. The van der Waals surface area contributed by atoms with Crippen LogP contribution in [0.4, 0.5) is 0 Å². The second-order valence-corrected chi connectivity index (χ2v) is 8.13. The molecular formula is C18H26S. The van der Waals surface area contributed by atoms with Crippen LogP contribution in [0.2, 0.25) is 0 Å². The summed E-state index contributed by atoms with van der Waals surface area (Å²) in [5.41, 5.74) is 3.37. The van der Waals surface area contributed by atoms with Crippen molar-refractivity contribution in [1.29, 1.82) is 0 Å². The van der Waals surface area contributed by atoms with Crippen molar-refractivity contribution in [3.8, 4) is 0 Å². The Morgan fingerprint density at radius 3 is 2.63 bits per heavy atom. The van der Waals surface area contributed by atoms with E-state index in [1.54, 1.807) is 5.57 Å². The van der Waals surface area contributed by atoms with Crippen molar-refractivity contribution < 1.29 is 0 Å². The van der Waals surface area contributed by atoms with E-state index in [1.165, 1.54) is 24.2 Å². The third-order valence-electron chi connectivity index (χ3n) is 3.90. The molecule has 0 fully saturated rings. The van der Waals surface area contributed by atoms with E-state index in [2.05, 4.69) is 75.9 Å². The molecule has 1 heteroatoms. The first kappa shape index (κ1) is 14.7. The minimum atomic E-state index is 0.246. The van der Waals surface area contributed by atoms with Gasteiger partial charge in [0.2, 0.25) is 0 Å². The maximum absolute atomic E-state index is 2.39. The largest absolute Gasteiger partial charge is 0.150 e. The van der Waals surface area contributed by atoms with Gasteiger partial charge in [-0.15, -0.1) is 0 Å². The van der Waals surface area contributed by atoms with Gasteiger partial charge in [-0.2, -0.15) is 11.8 Å². The standard InChI is InChI=1S/C18H26S/c1-5-19-18(14-15-10-6-7-11-15)13-9-8-12-16(18)17(2,3)4/h6,8-12H,5,7,13-14H2,1-4H3. The highest BCUT2D eigenvalue weighted by Crippen LogP contribution is 2.50. The molecule has 2 rings (SSSR count). The summed E-state index contributed by atoms with van der Waals surface area (Å²) in [6, 6.07) is 0. The fraction of sp³-hybridized carbons (Fsp3) is 0.556. The van der Waals surface area contributed by atoms with Crippen molar-refractivity contribution in [3.05, 3.63) is 47.6 Å². The summed E-state index contributed by atoms with van der Waals surface area (Å²) in [5, 5.41) is 0. The molecule has 2 aliphatic rings. The molecule has 0 N–H and O–H groups in total. The van der Waals surface area contributed by atoms with Crippen LogP contribution in [-0.4, -0.2) is 10.5 Å². The molecule has 0 amide bonds. The predicted octanol–water partition coefficient (Wildman–Crippen LogP) is 5.69. The number of hydrogen-bond acceptors (Lipinski definition) is 1. The first-order chi connectivity index (χ1) is 8.98. The third-order valence-corrected chi connectivity index (χ3v) is 5.28. The van der Waals surface area contributed by atoms with Crippen LogP contribution in [0.1, 0.15) is 47.0 Å². The molecule has 2 aliphatic carbocycles.